The number of halogens is 1. The maximum Gasteiger partial charge on any atom is 0.317 e. The third-order valence-electron chi connectivity index (χ3n) is 4.69. The fraction of sp³-hybridized carbons (Fsp3) is 0.529. The molecule has 23 heavy (non-hydrogen) atoms. The van der Waals surface area contributed by atoms with Gasteiger partial charge in [0.05, 0.1) is 5.92 Å². The average molecular weight is 337 g/mol. The van der Waals surface area contributed by atoms with E-state index in [0.717, 1.165) is 6.42 Å². The number of nitrogens with zero attached hydrogens (tertiary/aromatic N) is 1. The Labute approximate surface area is 140 Å². The van der Waals surface area contributed by atoms with Crippen LogP contribution in [0.15, 0.2) is 24.3 Å². The topological polar surface area (TPSA) is 69.6 Å². The molecule has 2 N–H and O–H groups in total. The normalized spacial score (nSPS) is 29.9. The van der Waals surface area contributed by atoms with Gasteiger partial charge in [-0.2, -0.15) is 0 Å². The molecule has 2 aliphatic rings. The van der Waals surface area contributed by atoms with Gasteiger partial charge in [-0.05, 0) is 36.5 Å². The van der Waals surface area contributed by atoms with Crippen LogP contribution >= 0.6 is 11.6 Å². The fourth-order valence-corrected chi connectivity index (χ4v) is 3.51. The molecule has 5 nitrogen and oxygen atoms in total. The summed E-state index contributed by atoms with van der Waals surface area (Å²) < 4.78 is 0. The molecular weight excluding hydrogens is 316 g/mol. The monoisotopic (exact) mass is 336 g/mol. The minimum Gasteiger partial charge on any atom is -0.481 e. The van der Waals surface area contributed by atoms with Gasteiger partial charge in [0.1, 0.15) is 0 Å². The molecule has 1 heterocycles. The van der Waals surface area contributed by atoms with E-state index in [0.29, 0.717) is 30.5 Å². The average Bonchev–Trinajstić information content (AvgIpc) is 3.26. The zero-order chi connectivity index (χ0) is 16.6. The largest absolute Gasteiger partial charge is 0.481 e. The highest BCUT2D eigenvalue weighted by atomic mass is 35.5. The maximum atomic E-state index is 12.4. The molecule has 0 spiro atoms. The summed E-state index contributed by atoms with van der Waals surface area (Å²) in [5.41, 5.74) is 1.18. The van der Waals surface area contributed by atoms with Crippen LogP contribution in [0.1, 0.15) is 31.2 Å². The molecular formula is C17H21ClN2O3. The number of rotatable bonds is 3. The van der Waals surface area contributed by atoms with Crippen LogP contribution in [-0.2, 0) is 4.79 Å². The molecule has 2 unspecified atom stereocenters. The summed E-state index contributed by atoms with van der Waals surface area (Å²) in [6.07, 6.45) is 1.55. The minimum atomic E-state index is -0.820. The van der Waals surface area contributed by atoms with E-state index < -0.39 is 11.9 Å². The third-order valence-corrected chi connectivity index (χ3v) is 4.95. The van der Waals surface area contributed by atoms with Gasteiger partial charge in [0.2, 0.25) is 0 Å². The van der Waals surface area contributed by atoms with Gasteiger partial charge in [-0.25, -0.2) is 4.79 Å². The van der Waals surface area contributed by atoms with Gasteiger partial charge in [-0.15, -0.1) is 0 Å². The van der Waals surface area contributed by atoms with E-state index in [1.807, 2.05) is 31.2 Å². The van der Waals surface area contributed by atoms with Crippen molar-refractivity contribution in [1.29, 1.82) is 0 Å². The summed E-state index contributed by atoms with van der Waals surface area (Å²) in [5.74, 6) is -0.744. The van der Waals surface area contributed by atoms with E-state index in [1.54, 1.807) is 4.90 Å². The van der Waals surface area contributed by atoms with Crippen molar-refractivity contribution in [2.24, 2.45) is 11.8 Å². The van der Waals surface area contributed by atoms with Crippen LogP contribution in [0.25, 0.3) is 0 Å². The fourth-order valence-electron chi connectivity index (χ4n) is 3.38. The lowest BCUT2D eigenvalue weighted by Gasteiger charge is -2.34. The number of likely N-dealkylation sites (tertiary alicyclic amines) is 1. The van der Waals surface area contributed by atoms with E-state index >= 15 is 0 Å². The molecule has 1 aliphatic carbocycles. The third kappa shape index (κ3) is 3.78. The lowest BCUT2D eigenvalue weighted by molar-refractivity contribution is -0.143. The van der Waals surface area contributed by atoms with Crippen molar-refractivity contribution >= 4 is 23.6 Å². The molecule has 6 heteroatoms. The second-order valence-corrected chi connectivity index (χ2v) is 7.17. The summed E-state index contributed by atoms with van der Waals surface area (Å²) in [5, 5.41) is 12.9. The zero-order valence-electron chi connectivity index (χ0n) is 13.0. The smallest absolute Gasteiger partial charge is 0.317 e. The molecule has 4 atom stereocenters. The van der Waals surface area contributed by atoms with Gasteiger partial charge in [-0.1, -0.05) is 30.7 Å². The lowest BCUT2D eigenvalue weighted by Crippen LogP contribution is -2.50. The van der Waals surface area contributed by atoms with Gasteiger partial charge in [0, 0.05) is 30.1 Å². The first-order valence-corrected chi connectivity index (χ1v) is 8.35. The Bertz CT molecular complexity index is 604. The predicted molar refractivity (Wildman–Crippen MR) is 87.6 cm³/mol. The molecule has 2 fully saturated rings. The number of hydrogen-bond donors (Lipinski definition) is 2. The van der Waals surface area contributed by atoms with E-state index in [9.17, 15) is 14.7 Å². The Balaban J connectivity index is 1.55. The lowest BCUT2D eigenvalue weighted by atomic mass is 9.91. The van der Waals surface area contributed by atoms with Crippen LogP contribution in [-0.4, -0.2) is 41.1 Å². The van der Waals surface area contributed by atoms with Crippen LogP contribution < -0.4 is 5.32 Å². The first-order valence-electron chi connectivity index (χ1n) is 7.97. The molecule has 1 aromatic carbocycles. The Kier molecular flexibility index (Phi) is 4.48. The molecule has 1 aliphatic heterocycles. The molecule has 1 saturated carbocycles. The Hall–Kier alpha value is -1.75. The van der Waals surface area contributed by atoms with Crippen molar-refractivity contribution in [2.75, 3.05) is 13.1 Å². The first-order chi connectivity index (χ1) is 10.9. The summed E-state index contributed by atoms with van der Waals surface area (Å²) in [7, 11) is 0. The maximum absolute atomic E-state index is 12.4. The molecule has 0 radical (unpaired) electrons. The summed E-state index contributed by atoms with van der Waals surface area (Å²) in [6, 6.07) is 7.68. The van der Waals surface area contributed by atoms with Crippen molar-refractivity contribution < 1.29 is 14.7 Å². The number of amides is 2. The predicted octanol–water partition coefficient (Wildman–Crippen LogP) is 2.95. The number of carbonyl (C=O) groups excluding carboxylic acids is 1. The Morgan fingerprint density at radius 2 is 1.91 bits per heavy atom. The number of carboxylic acid groups (broad SMARTS) is 1. The number of nitrogens with one attached hydrogen (secondary N) is 1. The number of benzene rings is 1. The first kappa shape index (κ1) is 16.1. The molecule has 0 bridgehead atoms. The quantitative estimate of drug-likeness (QED) is 0.891. The highest BCUT2D eigenvalue weighted by molar-refractivity contribution is 6.30. The van der Waals surface area contributed by atoms with Crippen molar-refractivity contribution in [3.05, 3.63) is 34.9 Å². The van der Waals surface area contributed by atoms with Crippen LogP contribution in [0, 0.1) is 11.8 Å². The van der Waals surface area contributed by atoms with Gasteiger partial charge < -0.3 is 15.3 Å². The molecule has 2 amide bonds. The number of piperidine rings is 1. The number of carboxylic acids is 1. The SMILES string of the molecule is CC1CC(C(=O)O)CN(C(=O)N[C@@H]2C[C@H]2c2ccc(Cl)cc2)C1. The summed E-state index contributed by atoms with van der Waals surface area (Å²) in [4.78, 5) is 25.2. The Morgan fingerprint density at radius 1 is 1.22 bits per heavy atom. The van der Waals surface area contributed by atoms with Crippen LogP contribution in [0.4, 0.5) is 4.79 Å². The zero-order valence-corrected chi connectivity index (χ0v) is 13.8. The standard InChI is InChI=1S/C17H21ClN2O3/c1-10-6-12(16(21)22)9-20(8-10)17(23)19-15-7-14(15)11-2-4-13(18)5-3-11/h2-5,10,12,14-15H,6-9H2,1H3,(H,19,23)(H,21,22)/t10?,12?,14-,15+/m0/s1. The van der Waals surface area contributed by atoms with Gasteiger partial charge >= 0.3 is 12.0 Å². The van der Waals surface area contributed by atoms with Gasteiger partial charge in [-0.3, -0.25) is 4.79 Å². The number of carbonyl (C=O) groups is 2. The second-order valence-electron chi connectivity index (χ2n) is 6.73. The molecule has 1 aromatic rings. The molecule has 0 aromatic heterocycles. The van der Waals surface area contributed by atoms with Crippen molar-refractivity contribution in [2.45, 2.75) is 31.7 Å². The van der Waals surface area contributed by atoms with Gasteiger partial charge in [0.15, 0.2) is 0 Å². The summed E-state index contributed by atoms with van der Waals surface area (Å²) in [6.45, 7) is 2.90. The summed E-state index contributed by atoms with van der Waals surface area (Å²) >= 11 is 5.89. The number of urea groups is 1. The van der Waals surface area contributed by atoms with Crippen molar-refractivity contribution in [3.63, 3.8) is 0 Å². The number of aliphatic carboxylic acids is 1. The van der Waals surface area contributed by atoms with E-state index in [-0.39, 0.29) is 18.0 Å². The van der Waals surface area contributed by atoms with Crippen LogP contribution in [0.5, 0.6) is 0 Å². The molecule has 124 valence electrons. The van der Waals surface area contributed by atoms with Crippen LogP contribution in [0.2, 0.25) is 5.02 Å². The van der Waals surface area contributed by atoms with E-state index in [2.05, 4.69) is 5.32 Å². The van der Waals surface area contributed by atoms with Crippen molar-refractivity contribution in [3.8, 4) is 0 Å². The number of hydrogen-bond acceptors (Lipinski definition) is 2. The van der Waals surface area contributed by atoms with Crippen LogP contribution in [0.3, 0.4) is 0 Å². The van der Waals surface area contributed by atoms with E-state index in [1.165, 1.54) is 5.56 Å². The van der Waals surface area contributed by atoms with Crippen molar-refractivity contribution in [1.82, 2.24) is 10.2 Å². The molecule has 3 rings (SSSR count). The highest BCUT2D eigenvalue weighted by Crippen LogP contribution is 2.41. The molecule has 1 saturated heterocycles. The second kappa shape index (κ2) is 6.40. The highest BCUT2D eigenvalue weighted by Gasteiger charge is 2.41. The Morgan fingerprint density at radius 3 is 2.57 bits per heavy atom. The van der Waals surface area contributed by atoms with E-state index in [4.69, 9.17) is 11.6 Å². The minimum absolute atomic E-state index is 0.129. The van der Waals surface area contributed by atoms with Gasteiger partial charge in [0.25, 0.3) is 0 Å².